The number of ether oxygens (including phenoxy) is 2. The van der Waals surface area contributed by atoms with E-state index in [4.69, 9.17) is 9.47 Å². The summed E-state index contributed by atoms with van der Waals surface area (Å²) in [7, 11) is 1.50. The van der Waals surface area contributed by atoms with Crippen LogP contribution in [0.15, 0.2) is 29.4 Å². The lowest BCUT2D eigenvalue weighted by atomic mass is 9.86. The summed E-state index contributed by atoms with van der Waals surface area (Å²) in [5.74, 6) is -2.20. The molecule has 2 heterocycles. The van der Waals surface area contributed by atoms with E-state index in [9.17, 15) is 14.4 Å². The normalized spacial score (nSPS) is 25.2. The number of rotatable bonds is 4. The summed E-state index contributed by atoms with van der Waals surface area (Å²) in [6.45, 7) is 3.36. The van der Waals surface area contributed by atoms with Crippen LogP contribution in [-0.2, 0) is 19.1 Å². The van der Waals surface area contributed by atoms with E-state index in [0.717, 1.165) is 4.90 Å². The summed E-state index contributed by atoms with van der Waals surface area (Å²) in [4.78, 5) is 38.8. The van der Waals surface area contributed by atoms with Crippen LogP contribution in [0.4, 0.5) is 5.69 Å². The second kappa shape index (κ2) is 5.63. The highest BCUT2D eigenvalue weighted by molar-refractivity contribution is 6.47. The van der Waals surface area contributed by atoms with Crippen LogP contribution in [0.2, 0.25) is 0 Å². The third kappa shape index (κ3) is 2.14. The Kier molecular flexibility index (Phi) is 3.75. The predicted octanol–water partition coefficient (Wildman–Crippen LogP) is 0.466. The molecule has 8 heteroatoms. The highest BCUT2D eigenvalue weighted by atomic mass is 16.5. The Balaban J connectivity index is 1.99. The highest BCUT2D eigenvalue weighted by Crippen LogP contribution is 2.38. The molecular formula is C16H17N3O5. The average Bonchev–Trinajstić information content (AvgIpc) is 3.02. The fourth-order valence-electron chi connectivity index (χ4n) is 2.94. The molecule has 126 valence electrons. The maximum Gasteiger partial charge on any atom is 0.355 e. The molecule has 2 atom stereocenters. The van der Waals surface area contributed by atoms with Gasteiger partial charge in [0.2, 0.25) is 5.91 Å². The Labute approximate surface area is 138 Å². The van der Waals surface area contributed by atoms with Crippen molar-refractivity contribution in [2.45, 2.75) is 19.4 Å². The number of carbonyl (C=O) groups is 3. The molecule has 0 saturated carbocycles. The van der Waals surface area contributed by atoms with Crippen LogP contribution in [0.1, 0.15) is 13.8 Å². The third-order valence-corrected chi connectivity index (χ3v) is 4.17. The van der Waals surface area contributed by atoms with Crippen LogP contribution in [0.3, 0.4) is 0 Å². The van der Waals surface area contributed by atoms with Crippen LogP contribution in [-0.4, -0.2) is 42.8 Å². The van der Waals surface area contributed by atoms with Gasteiger partial charge in [-0.25, -0.2) is 9.69 Å². The molecule has 1 aromatic carbocycles. The van der Waals surface area contributed by atoms with E-state index in [-0.39, 0.29) is 12.3 Å². The largest absolute Gasteiger partial charge is 0.497 e. The molecule has 0 unspecified atom stereocenters. The van der Waals surface area contributed by atoms with Crippen molar-refractivity contribution in [3.8, 4) is 5.75 Å². The van der Waals surface area contributed by atoms with Gasteiger partial charge < -0.3 is 9.47 Å². The first-order chi connectivity index (χ1) is 11.4. The lowest BCUT2D eigenvalue weighted by molar-refractivity contribution is -0.136. The number of carbonyl (C=O) groups excluding carboxylic acids is 3. The molecule has 24 heavy (non-hydrogen) atoms. The van der Waals surface area contributed by atoms with Crippen molar-refractivity contribution in [1.29, 1.82) is 0 Å². The van der Waals surface area contributed by atoms with Crippen molar-refractivity contribution < 1.29 is 23.9 Å². The molecule has 0 bridgehead atoms. The molecule has 1 fully saturated rings. The third-order valence-electron chi connectivity index (χ3n) is 4.17. The lowest BCUT2D eigenvalue weighted by Gasteiger charge is -2.20. The molecule has 1 N–H and O–H groups in total. The molecule has 3 rings (SSSR count). The molecule has 2 aliphatic rings. The quantitative estimate of drug-likeness (QED) is 0.636. The Morgan fingerprint density at radius 2 is 2.17 bits per heavy atom. The fourth-order valence-corrected chi connectivity index (χ4v) is 2.94. The first-order valence-electron chi connectivity index (χ1n) is 7.48. The smallest absolute Gasteiger partial charge is 0.355 e. The molecule has 1 saturated heterocycles. The number of amides is 2. The van der Waals surface area contributed by atoms with E-state index in [1.165, 1.54) is 7.11 Å². The van der Waals surface area contributed by atoms with E-state index in [0.29, 0.717) is 11.4 Å². The van der Waals surface area contributed by atoms with Crippen LogP contribution >= 0.6 is 0 Å². The highest BCUT2D eigenvalue weighted by Gasteiger charge is 2.63. The number of hydrazone groups is 1. The Bertz CT molecular complexity index is 760. The van der Waals surface area contributed by atoms with Gasteiger partial charge in [-0.2, -0.15) is 5.10 Å². The SMILES string of the molecule is CCOC(=O)C1=NN[C@]2(C)C(=O)N(c3cccc(OC)c3)C(=O)[C@@H]12. The van der Waals surface area contributed by atoms with Gasteiger partial charge in [0.25, 0.3) is 5.91 Å². The van der Waals surface area contributed by atoms with Gasteiger partial charge in [0.15, 0.2) is 5.71 Å². The molecule has 2 amide bonds. The number of nitrogens with zero attached hydrogens (tertiary/aromatic N) is 2. The van der Waals surface area contributed by atoms with Gasteiger partial charge in [-0.1, -0.05) is 6.07 Å². The van der Waals surface area contributed by atoms with Crippen molar-refractivity contribution in [1.82, 2.24) is 5.43 Å². The van der Waals surface area contributed by atoms with Crippen molar-refractivity contribution >= 4 is 29.2 Å². The molecule has 1 aromatic rings. The number of fused-ring (bicyclic) bond motifs is 1. The Hall–Kier alpha value is -2.90. The van der Waals surface area contributed by atoms with Gasteiger partial charge in [0, 0.05) is 6.07 Å². The van der Waals surface area contributed by atoms with Gasteiger partial charge in [-0.15, -0.1) is 0 Å². The second-order valence-electron chi connectivity index (χ2n) is 5.64. The summed E-state index contributed by atoms with van der Waals surface area (Å²) < 4.78 is 10.1. The van der Waals surface area contributed by atoms with Crippen LogP contribution in [0.25, 0.3) is 0 Å². The molecule has 0 aromatic heterocycles. The van der Waals surface area contributed by atoms with Crippen molar-refractivity contribution in [2.24, 2.45) is 11.0 Å². The number of benzene rings is 1. The number of hydrogen-bond donors (Lipinski definition) is 1. The van der Waals surface area contributed by atoms with Gasteiger partial charge >= 0.3 is 5.97 Å². The molecule has 0 aliphatic carbocycles. The van der Waals surface area contributed by atoms with Crippen LogP contribution < -0.4 is 15.1 Å². The zero-order valence-electron chi connectivity index (χ0n) is 13.5. The number of methoxy groups -OCH3 is 1. The van der Waals surface area contributed by atoms with Crippen molar-refractivity contribution in [3.63, 3.8) is 0 Å². The first kappa shape index (κ1) is 16.0. The average molecular weight is 331 g/mol. The van der Waals surface area contributed by atoms with E-state index in [2.05, 4.69) is 10.5 Å². The van der Waals surface area contributed by atoms with Crippen LogP contribution in [0.5, 0.6) is 5.75 Å². The van der Waals surface area contributed by atoms with E-state index >= 15 is 0 Å². The molecule has 8 nitrogen and oxygen atoms in total. The van der Waals surface area contributed by atoms with E-state index in [1.807, 2.05) is 0 Å². The minimum atomic E-state index is -1.30. The predicted molar refractivity (Wildman–Crippen MR) is 84.6 cm³/mol. The van der Waals surface area contributed by atoms with Gasteiger partial charge in [-0.05, 0) is 26.0 Å². The summed E-state index contributed by atoms with van der Waals surface area (Å²) in [6.07, 6.45) is 0. The molecule has 2 aliphatic heterocycles. The summed E-state index contributed by atoms with van der Waals surface area (Å²) in [6, 6.07) is 6.60. The monoisotopic (exact) mass is 331 g/mol. The number of hydrogen-bond acceptors (Lipinski definition) is 7. The standard InChI is InChI=1S/C16H17N3O5/c1-4-24-14(21)12-11-13(20)19(15(22)16(11,2)18-17-12)9-6-5-7-10(8-9)23-3/h5-8,11,18H,4H2,1-3H3/t11-,16+/m1/s1. The van der Waals surface area contributed by atoms with Gasteiger partial charge in [0.05, 0.1) is 19.4 Å². The number of nitrogens with one attached hydrogen (secondary N) is 1. The van der Waals surface area contributed by atoms with E-state index < -0.39 is 29.2 Å². The summed E-state index contributed by atoms with van der Waals surface area (Å²) in [5, 5.41) is 3.87. The number of imide groups is 1. The van der Waals surface area contributed by atoms with Gasteiger partial charge in [0.1, 0.15) is 17.2 Å². The Morgan fingerprint density at radius 3 is 2.83 bits per heavy atom. The van der Waals surface area contributed by atoms with E-state index in [1.54, 1.807) is 38.1 Å². The molecule has 0 radical (unpaired) electrons. The maximum absolute atomic E-state index is 12.9. The lowest BCUT2D eigenvalue weighted by Crippen LogP contribution is -2.48. The topological polar surface area (TPSA) is 97.3 Å². The summed E-state index contributed by atoms with van der Waals surface area (Å²) >= 11 is 0. The molecule has 0 spiro atoms. The van der Waals surface area contributed by atoms with Crippen molar-refractivity contribution in [2.75, 3.05) is 18.6 Å². The van der Waals surface area contributed by atoms with Crippen LogP contribution in [0, 0.1) is 5.92 Å². The Morgan fingerprint density at radius 1 is 1.42 bits per heavy atom. The van der Waals surface area contributed by atoms with Gasteiger partial charge in [-0.3, -0.25) is 15.0 Å². The zero-order valence-corrected chi connectivity index (χ0v) is 13.5. The van der Waals surface area contributed by atoms with Crippen molar-refractivity contribution in [3.05, 3.63) is 24.3 Å². The second-order valence-corrected chi connectivity index (χ2v) is 5.64. The summed E-state index contributed by atoms with van der Waals surface area (Å²) in [5.41, 5.74) is 1.63. The number of esters is 1. The minimum Gasteiger partial charge on any atom is -0.497 e. The molecular weight excluding hydrogens is 314 g/mol. The number of anilines is 1. The maximum atomic E-state index is 12.9. The zero-order chi connectivity index (χ0) is 17.5. The fraction of sp³-hybridized carbons (Fsp3) is 0.375. The minimum absolute atomic E-state index is 0.0805. The first-order valence-corrected chi connectivity index (χ1v) is 7.48.